The fourth-order valence-corrected chi connectivity index (χ4v) is 1.58. The van der Waals surface area contributed by atoms with Crippen molar-refractivity contribution < 1.29 is 0 Å². The summed E-state index contributed by atoms with van der Waals surface area (Å²) in [6.07, 6.45) is 5.02. The largest absolute Gasteiger partial charge is 0.330 e. The molecule has 2 N–H and O–H groups in total. The lowest BCUT2D eigenvalue weighted by atomic mass is 10.2. The van der Waals surface area contributed by atoms with Gasteiger partial charge < -0.3 is 10.6 Å². The quantitative estimate of drug-likeness (QED) is 0.589. The molecular formula is C11H26N2. The first kappa shape index (κ1) is 12.9. The lowest BCUT2D eigenvalue weighted by molar-refractivity contribution is 0.210. The number of hydrogen-bond donors (Lipinski definition) is 1. The Morgan fingerprint density at radius 2 is 1.85 bits per heavy atom. The van der Waals surface area contributed by atoms with Gasteiger partial charge in [-0.1, -0.05) is 20.3 Å². The average molecular weight is 186 g/mol. The van der Waals surface area contributed by atoms with E-state index in [1.54, 1.807) is 0 Å². The second-order valence-corrected chi connectivity index (χ2v) is 3.74. The van der Waals surface area contributed by atoms with E-state index in [4.69, 9.17) is 5.73 Å². The maximum absolute atomic E-state index is 5.45. The third-order valence-electron chi connectivity index (χ3n) is 2.77. The molecule has 0 fully saturated rings. The van der Waals surface area contributed by atoms with Crippen LogP contribution in [0.2, 0.25) is 0 Å². The molecule has 1 atom stereocenters. The van der Waals surface area contributed by atoms with Gasteiger partial charge in [0.05, 0.1) is 0 Å². The van der Waals surface area contributed by atoms with Gasteiger partial charge >= 0.3 is 0 Å². The van der Waals surface area contributed by atoms with Crippen LogP contribution in [0.5, 0.6) is 0 Å². The fourth-order valence-electron chi connectivity index (χ4n) is 1.58. The first-order valence-electron chi connectivity index (χ1n) is 5.70. The summed E-state index contributed by atoms with van der Waals surface area (Å²) >= 11 is 0. The van der Waals surface area contributed by atoms with E-state index in [9.17, 15) is 0 Å². The van der Waals surface area contributed by atoms with Crippen molar-refractivity contribution >= 4 is 0 Å². The van der Waals surface area contributed by atoms with Crippen molar-refractivity contribution in [2.24, 2.45) is 5.73 Å². The van der Waals surface area contributed by atoms with Crippen molar-refractivity contribution in [1.29, 1.82) is 0 Å². The highest BCUT2D eigenvalue weighted by atomic mass is 15.1. The Hall–Kier alpha value is -0.0800. The third kappa shape index (κ3) is 6.05. The van der Waals surface area contributed by atoms with E-state index in [0.29, 0.717) is 0 Å². The second kappa shape index (κ2) is 8.52. The van der Waals surface area contributed by atoms with E-state index in [-0.39, 0.29) is 0 Å². The molecule has 80 valence electrons. The zero-order valence-corrected chi connectivity index (χ0v) is 9.55. The second-order valence-electron chi connectivity index (χ2n) is 3.74. The molecule has 2 heteroatoms. The van der Waals surface area contributed by atoms with Crippen LogP contribution in [0.3, 0.4) is 0 Å². The summed E-state index contributed by atoms with van der Waals surface area (Å²) in [6, 6.07) is 0.739. The molecule has 2 nitrogen and oxygen atoms in total. The summed E-state index contributed by atoms with van der Waals surface area (Å²) in [5.41, 5.74) is 5.45. The highest BCUT2D eigenvalue weighted by molar-refractivity contribution is 4.63. The van der Waals surface area contributed by atoms with Gasteiger partial charge in [-0.2, -0.15) is 0 Å². The van der Waals surface area contributed by atoms with E-state index >= 15 is 0 Å². The highest BCUT2D eigenvalue weighted by Gasteiger charge is 2.08. The Kier molecular flexibility index (Phi) is 8.46. The molecule has 0 rings (SSSR count). The van der Waals surface area contributed by atoms with Gasteiger partial charge in [-0.25, -0.2) is 0 Å². The first-order valence-corrected chi connectivity index (χ1v) is 5.70. The molecule has 0 aliphatic rings. The smallest absolute Gasteiger partial charge is 0.00641 e. The average Bonchev–Trinajstić information content (AvgIpc) is 2.17. The molecule has 0 aliphatic heterocycles. The number of hydrogen-bond acceptors (Lipinski definition) is 2. The van der Waals surface area contributed by atoms with Gasteiger partial charge in [0, 0.05) is 6.04 Å². The van der Waals surface area contributed by atoms with Crippen molar-refractivity contribution in [2.45, 2.75) is 52.5 Å². The van der Waals surface area contributed by atoms with Crippen molar-refractivity contribution in [3.8, 4) is 0 Å². The molecule has 0 radical (unpaired) electrons. The molecule has 1 unspecified atom stereocenters. The Balaban J connectivity index is 3.47. The molecule has 0 saturated carbocycles. The van der Waals surface area contributed by atoms with Crippen LogP contribution in [0.4, 0.5) is 0 Å². The minimum Gasteiger partial charge on any atom is -0.330 e. The molecule has 0 saturated heterocycles. The lowest BCUT2D eigenvalue weighted by Crippen LogP contribution is -2.33. The normalized spacial score (nSPS) is 13.6. The summed E-state index contributed by atoms with van der Waals surface area (Å²) < 4.78 is 0. The van der Waals surface area contributed by atoms with Crippen molar-refractivity contribution in [3.05, 3.63) is 0 Å². The predicted molar refractivity (Wildman–Crippen MR) is 59.9 cm³/mol. The summed E-state index contributed by atoms with van der Waals surface area (Å²) in [4.78, 5) is 2.55. The highest BCUT2D eigenvalue weighted by Crippen LogP contribution is 2.05. The van der Waals surface area contributed by atoms with E-state index in [2.05, 4.69) is 25.7 Å². The maximum Gasteiger partial charge on any atom is 0.00641 e. The monoisotopic (exact) mass is 186 g/mol. The SMILES string of the molecule is CCC(C)N(CC)CCCCCN. The lowest BCUT2D eigenvalue weighted by Gasteiger charge is -2.26. The Labute approximate surface area is 83.5 Å². The number of unbranched alkanes of at least 4 members (excludes halogenated alkanes) is 2. The van der Waals surface area contributed by atoms with E-state index < -0.39 is 0 Å². The Morgan fingerprint density at radius 1 is 1.15 bits per heavy atom. The van der Waals surface area contributed by atoms with Crippen LogP contribution in [0.15, 0.2) is 0 Å². The van der Waals surface area contributed by atoms with Crippen LogP contribution in [-0.2, 0) is 0 Å². The van der Waals surface area contributed by atoms with Gasteiger partial charge in [-0.3, -0.25) is 0 Å². The molecular weight excluding hydrogens is 160 g/mol. The Bertz CT molecular complexity index is 104. The first-order chi connectivity index (χ1) is 6.26. The van der Waals surface area contributed by atoms with Crippen molar-refractivity contribution in [2.75, 3.05) is 19.6 Å². The minimum absolute atomic E-state index is 0.739. The van der Waals surface area contributed by atoms with Crippen LogP contribution in [0.1, 0.15) is 46.5 Å². The summed E-state index contributed by atoms with van der Waals surface area (Å²) in [7, 11) is 0. The van der Waals surface area contributed by atoms with Crippen molar-refractivity contribution in [3.63, 3.8) is 0 Å². The fraction of sp³-hybridized carbons (Fsp3) is 1.00. The standard InChI is InChI=1S/C11H26N2/c1-4-11(3)13(5-2)10-8-6-7-9-12/h11H,4-10,12H2,1-3H3. The van der Waals surface area contributed by atoms with Gasteiger partial charge in [-0.05, 0) is 45.8 Å². The van der Waals surface area contributed by atoms with Gasteiger partial charge in [0.1, 0.15) is 0 Å². The summed E-state index contributed by atoms with van der Waals surface area (Å²) in [6.45, 7) is 10.1. The maximum atomic E-state index is 5.45. The van der Waals surface area contributed by atoms with E-state index in [1.165, 1.54) is 38.8 Å². The molecule has 0 aromatic heterocycles. The minimum atomic E-state index is 0.739. The van der Waals surface area contributed by atoms with Crippen molar-refractivity contribution in [1.82, 2.24) is 4.90 Å². The van der Waals surface area contributed by atoms with Crippen LogP contribution in [-0.4, -0.2) is 30.6 Å². The molecule has 0 aromatic carbocycles. The van der Waals surface area contributed by atoms with Crippen LogP contribution in [0, 0.1) is 0 Å². The Morgan fingerprint density at radius 3 is 2.31 bits per heavy atom. The zero-order chi connectivity index (χ0) is 10.1. The molecule has 0 aromatic rings. The van der Waals surface area contributed by atoms with Gasteiger partial charge in [0.2, 0.25) is 0 Å². The number of rotatable bonds is 8. The van der Waals surface area contributed by atoms with E-state index in [0.717, 1.165) is 12.6 Å². The molecule has 0 spiro atoms. The van der Waals surface area contributed by atoms with Crippen LogP contribution >= 0.6 is 0 Å². The summed E-state index contributed by atoms with van der Waals surface area (Å²) in [5, 5.41) is 0. The number of nitrogens with zero attached hydrogens (tertiary/aromatic N) is 1. The molecule has 0 amide bonds. The topological polar surface area (TPSA) is 29.3 Å². The zero-order valence-electron chi connectivity index (χ0n) is 9.55. The predicted octanol–water partition coefficient (Wildman–Crippen LogP) is 2.24. The molecule has 13 heavy (non-hydrogen) atoms. The van der Waals surface area contributed by atoms with E-state index in [1.807, 2.05) is 0 Å². The summed E-state index contributed by atoms with van der Waals surface area (Å²) in [5.74, 6) is 0. The van der Waals surface area contributed by atoms with Crippen LogP contribution in [0.25, 0.3) is 0 Å². The molecule has 0 bridgehead atoms. The molecule has 0 aliphatic carbocycles. The van der Waals surface area contributed by atoms with Crippen LogP contribution < -0.4 is 5.73 Å². The van der Waals surface area contributed by atoms with Gasteiger partial charge in [-0.15, -0.1) is 0 Å². The third-order valence-corrected chi connectivity index (χ3v) is 2.77. The van der Waals surface area contributed by atoms with Gasteiger partial charge in [0.15, 0.2) is 0 Å². The number of nitrogens with two attached hydrogens (primary N) is 1. The van der Waals surface area contributed by atoms with Gasteiger partial charge in [0.25, 0.3) is 0 Å². The molecule has 0 heterocycles.